The van der Waals surface area contributed by atoms with Gasteiger partial charge in [0.1, 0.15) is 5.82 Å². The Morgan fingerprint density at radius 2 is 1.95 bits per heavy atom. The lowest BCUT2D eigenvalue weighted by Crippen LogP contribution is -2.35. The summed E-state index contributed by atoms with van der Waals surface area (Å²) >= 11 is 0. The van der Waals surface area contributed by atoms with E-state index in [9.17, 15) is 0 Å². The van der Waals surface area contributed by atoms with Crippen molar-refractivity contribution in [3.63, 3.8) is 0 Å². The van der Waals surface area contributed by atoms with Crippen molar-refractivity contribution in [3.8, 4) is 17.3 Å². The second-order valence-electron chi connectivity index (χ2n) is 5.02. The Kier molecular flexibility index (Phi) is 3.66. The van der Waals surface area contributed by atoms with Gasteiger partial charge in [0.05, 0.1) is 17.3 Å². The predicted octanol–water partition coefficient (Wildman–Crippen LogP) is 2.11. The molecular formula is C15H17N5. The molecule has 5 heteroatoms. The van der Waals surface area contributed by atoms with Crippen molar-refractivity contribution >= 4 is 5.82 Å². The van der Waals surface area contributed by atoms with Crippen LogP contribution in [0.3, 0.4) is 0 Å². The van der Waals surface area contributed by atoms with Crippen molar-refractivity contribution in [2.75, 3.05) is 18.4 Å². The molecule has 0 bridgehead atoms. The van der Waals surface area contributed by atoms with Crippen LogP contribution < -0.4 is 10.6 Å². The molecular weight excluding hydrogens is 250 g/mol. The smallest absolute Gasteiger partial charge is 0.148 e. The molecule has 1 aliphatic heterocycles. The largest absolute Gasteiger partial charge is 0.366 e. The zero-order chi connectivity index (χ0) is 13.8. The highest BCUT2D eigenvalue weighted by molar-refractivity contribution is 5.63. The summed E-state index contributed by atoms with van der Waals surface area (Å²) < 4.78 is 0. The van der Waals surface area contributed by atoms with Crippen LogP contribution in [0.1, 0.15) is 18.4 Å². The summed E-state index contributed by atoms with van der Waals surface area (Å²) in [6.07, 6.45) is 2.25. The standard InChI is InChI=1S/C15H17N5/c16-10-11-1-3-12(4-2-11)14-9-15(20-19-14)18-13-5-7-17-8-6-13/h1-4,9,13,17H,5-8H2,(H2,18,19,20). The van der Waals surface area contributed by atoms with Crippen LogP contribution in [0.15, 0.2) is 30.3 Å². The summed E-state index contributed by atoms with van der Waals surface area (Å²) in [4.78, 5) is 0. The number of piperidine rings is 1. The van der Waals surface area contributed by atoms with Crippen molar-refractivity contribution in [2.45, 2.75) is 18.9 Å². The molecule has 0 atom stereocenters. The maximum Gasteiger partial charge on any atom is 0.148 e. The fraction of sp³-hybridized carbons (Fsp3) is 0.333. The van der Waals surface area contributed by atoms with Crippen LogP contribution in [0, 0.1) is 11.3 Å². The van der Waals surface area contributed by atoms with Crippen molar-refractivity contribution in [1.82, 2.24) is 15.5 Å². The van der Waals surface area contributed by atoms with E-state index in [1.807, 2.05) is 30.3 Å². The molecule has 2 heterocycles. The minimum absolute atomic E-state index is 0.494. The third-order valence-electron chi connectivity index (χ3n) is 3.59. The molecule has 0 unspecified atom stereocenters. The first-order valence-corrected chi connectivity index (χ1v) is 6.88. The molecule has 20 heavy (non-hydrogen) atoms. The molecule has 1 aliphatic rings. The maximum absolute atomic E-state index is 8.80. The quantitative estimate of drug-likeness (QED) is 0.796. The molecule has 0 radical (unpaired) electrons. The molecule has 102 valence electrons. The highest BCUT2D eigenvalue weighted by Crippen LogP contribution is 2.21. The van der Waals surface area contributed by atoms with Crippen molar-refractivity contribution in [2.24, 2.45) is 0 Å². The van der Waals surface area contributed by atoms with Gasteiger partial charge in [0, 0.05) is 12.1 Å². The molecule has 1 aromatic carbocycles. The van der Waals surface area contributed by atoms with E-state index in [4.69, 9.17) is 5.26 Å². The van der Waals surface area contributed by atoms with Gasteiger partial charge >= 0.3 is 0 Å². The molecule has 0 aliphatic carbocycles. The molecule has 0 spiro atoms. The minimum Gasteiger partial charge on any atom is -0.366 e. The predicted molar refractivity (Wildman–Crippen MR) is 78.3 cm³/mol. The first-order valence-electron chi connectivity index (χ1n) is 6.88. The van der Waals surface area contributed by atoms with E-state index in [0.717, 1.165) is 43.0 Å². The Labute approximate surface area is 118 Å². The molecule has 1 saturated heterocycles. The van der Waals surface area contributed by atoms with E-state index in [0.29, 0.717) is 11.6 Å². The highest BCUT2D eigenvalue weighted by atomic mass is 15.2. The first-order chi connectivity index (χ1) is 9.85. The average molecular weight is 267 g/mol. The van der Waals surface area contributed by atoms with E-state index < -0.39 is 0 Å². The van der Waals surface area contributed by atoms with E-state index >= 15 is 0 Å². The van der Waals surface area contributed by atoms with E-state index in [1.165, 1.54) is 0 Å². The summed E-state index contributed by atoms with van der Waals surface area (Å²) in [7, 11) is 0. The zero-order valence-corrected chi connectivity index (χ0v) is 11.2. The van der Waals surface area contributed by atoms with Gasteiger partial charge in [0.15, 0.2) is 0 Å². The van der Waals surface area contributed by atoms with Gasteiger partial charge in [-0.05, 0) is 43.6 Å². The van der Waals surface area contributed by atoms with Gasteiger partial charge in [0.2, 0.25) is 0 Å². The van der Waals surface area contributed by atoms with Crippen molar-refractivity contribution in [3.05, 3.63) is 35.9 Å². The van der Waals surface area contributed by atoms with Gasteiger partial charge in [-0.1, -0.05) is 12.1 Å². The molecule has 1 fully saturated rings. The van der Waals surface area contributed by atoms with Gasteiger partial charge in [-0.25, -0.2) is 0 Å². The number of hydrogen-bond donors (Lipinski definition) is 3. The maximum atomic E-state index is 8.80. The van der Waals surface area contributed by atoms with Crippen LogP contribution in [-0.4, -0.2) is 29.3 Å². The van der Waals surface area contributed by atoms with E-state index in [1.54, 1.807) is 0 Å². The lowest BCUT2D eigenvalue weighted by molar-refractivity contribution is 0.478. The number of nitrogens with one attached hydrogen (secondary N) is 3. The summed E-state index contributed by atoms with van der Waals surface area (Å²) in [6.45, 7) is 2.12. The SMILES string of the molecule is N#Cc1ccc(-c2cc(NC3CCNCC3)n[nH]2)cc1. The van der Waals surface area contributed by atoms with Crippen LogP contribution in [-0.2, 0) is 0 Å². The second kappa shape index (κ2) is 5.76. The molecule has 5 nitrogen and oxygen atoms in total. The Morgan fingerprint density at radius 3 is 2.65 bits per heavy atom. The van der Waals surface area contributed by atoms with Gasteiger partial charge in [-0.3, -0.25) is 5.10 Å². The second-order valence-corrected chi connectivity index (χ2v) is 5.02. The van der Waals surface area contributed by atoms with Gasteiger partial charge in [-0.2, -0.15) is 10.4 Å². The number of nitrogens with zero attached hydrogens (tertiary/aromatic N) is 2. The Bertz CT molecular complexity index is 602. The monoisotopic (exact) mass is 267 g/mol. The Balaban J connectivity index is 1.70. The number of H-pyrrole nitrogens is 1. The van der Waals surface area contributed by atoms with E-state index in [-0.39, 0.29) is 0 Å². The number of hydrogen-bond acceptors (Lipinski definition) is 4. The first kappa shape index (κ1) is 12.7. The summed E-state index contributed by atoms with van der Waals surface area (Å²) in [5, 5.41) is 23.0. The number of benzene rings is 1. The van der Waals surface area contributed by atoms with Crippen LogP contribution in [0.4, 0.5) is 5.82 Å². The highest BCUT2D eigenvalue weighted by Gasteiger charge is 2.14. The normalized spacial score (nSPS) is 15.8. The van der Waals surface area contributed by atoms with E-state index in [2.05, 4.69) is 26.9 Å². The number of aromatic nitrogens is 2. The van der Waals surface area contributed by atoms with Crippen molar-refractivity contribution < 1.29 is 0 Å². The summed E-state index contributed by atoms with van der Waals surface area (Å²) in [5.74, 6) is 0.885. The number of anilines is 1. The molecule has 0 saturated carbocycles. The van der Waals surface area contributed by atoms with Crippen molar-refractivity contribution in [1.29, 1.82) is 5.26 Å². The zero-order valence-electron chi connectivity index (χ0n) is 11.2. The Morgan fingerprint density at radius 1 is 1.20 bits per heavy atom. The molecule has 3 rings (SSSR count). The van der Waals surface area contributed by atoms with Gasteiger partial charge < -0.3 is 10.6 Å². The summed E-state index contributed by atoms with van der Waals surface area (Å²) in [5.41, 5.74) is 2.67. The fourth-order valence-corrected chi connectivity index (χ4v) is 2.44. The molecule has 2 aromatic rings. The molecule has 3 N–H and O–H groups in total. The molecule has 1 aromatic heterocycles. The lowest BCUT2D eigenvalue weighted by atomic mass is 10.1. The van der Waals surface area contributed by atoms with Crippen LogP contribution in [0.2, 0.25) is 0 Å². The van der Waals surface area contributed by atoms with Crippen LogP contribution in [0.25, 0.3) is 11.3 Å². The van der Waals surface area contributed by atoms with Gasteiger partial charge in [0.25, 0.3) is 0 Å². The van der Waals surface area contributed by atoms with Gasteiger partial charge in [-0.15, -0.1) is 0 Å². The number of rotatable bonds is 3. The average Bonchev–Trinajstić information content (AvgIpc) is 2.97. The van der Waals surface area contributed by atoms with Crippen LogP contribution >= 0.6 is 0 Å². The Hall–Kier alpha value is -2.32. The minimum atomic E-state index is 0.494. The fourth-order valence-electron chi connectivity index (χ4n) is 2.44. The summed E-state index contributed by atoms with van der Waals surface area (Å²) in [6, 6.07) is 12.1. The van der Waals surface area contributed by atoms with Crippen LogP contribution in [0.5, 0.6) is 0 Å². The third-order valence-corrected chi connectivity index (χ3v) is 3.59. The molecule has 0 amide bonds. The number of aromatic amines is 1. The number of nitriles is 1. The topological polar surface area (TPSA) is 76.5 Å². The third kappa shape index (κ3) is 2.81. The lowest BCUT2D eigenvalue weighted by Gasteiger charge is -2.23.